The topological polar surface area (TPSA) is 83.5 Å². The summed E-state index contributed by atoms with van der Waals surface area (Å²) in [5.41, 5.74) is 5.46. The molecule has 0 radical (unpaired) electrons. The van der Waals surface area contributed by atoms with E-state index < -0.39 is 12.1 Å². The lowest BCUT2D eigenvalue weighted by atomic mass is 9.91. The molecule has 0 aromatic carbocycles. The Labute approximate surface area is 78.1 Å². The second kappa shape index (κ2) is 5.72. The highest BCUT2D eigenvalue weighted by atomic mass is 16.4. The van der Waals surface area contributed by atoms with E-state index in [1.165, 1.54) is 0 Å². The quantitative estimate of drug-likeness (QED) is 0.524. The number of rotatable bonds is 6. The minimum Gasteiger partial charge on any atom is -0.478 e. The Morgan fingerprint density at radius 1 is 1.62 bits per heavy atom. The van der Waals surface area contributed by atoms with Crippen LogP contribution in [0.15, 0.2) is 12.2 Å². The molecule has 0 saturated carbocycles. The van der Waals surface area contributed by atoms with Crippen molar-refractivity contribution in [3.05, 3.63) is 12.2 Å². The van der Waals surface area contributed by atoms with E-state index in [-0.39, 0.29) is 11.5 Å². The lowest BCUT2D eigenvalue weighted by Crippen LogP contribution is -2.19. The molecule has 0 aromatic rings. The number of hydrogen-bond donors (Lipinski definition) is 3. The normalized spacial score (nSPS) is 15.0. The van der Waals surface area contributed by atoms with Crippen molar-refractivity contribution < 1.29 is 15.0 Å². The molecule has 0 bridgehead atoms. The first-order valence-electron chi connectivity index (χ1n) is 4.29. The fraction of sp³-hybridized carbons (Fsp3) is 0.667. The van der Waals surface area contributed by atoms with E-state index in [4.69, 9.17) is 15.9 Å². The van der Waals surface area contributed by atoms with Gasteiger partial charge in [-0.15, -0.1) is 0 Å². The number of nitrogens with two attached hydrogens (primary N) is 1. The molecule has 4 nitrogen and oxygen atoms in total. The summed E-state index contributed by atoms with van der Waals surface area (Å²) >= 11 is 0. The minimum absolute atomic E-state index is 0.131. The number of carbonyl (C=O) groups is 1. The van der Waals surface area contributed by atoms with Crippen LogP contribution < -0.4 is 5.73 Å². The lowest BCUT2D eigenvalue weighted by molar-refractivity contribution is -0.133. The summed E-state index contributed by atoms with van der Waals surface area (Å²) in [5, 5.41) is 17.8. The molecule has 13 heavy (non-hydrogen) atoms. The predicted molar refractivity (Wildman–Crippen MR) is 50.2 cm³/mol. The smallest absolute Gasteiger partial charge is 0.331 e. The van der Waals surface area contributed by atoms with Crippen molar-refractivity contribution in [3.63, 3.8) is 0 Å². The minimum atomic E-state index is -1.01. The van der Waals surface area contributed by atoms with Crippen LogP contribution in [0.3, 0.4) is 0 Å². The number of aliphatic carboxylic acids is 1. The number of aliphatic hydroxyl groups is 1. The van der Waals surface area contributed by atoms with Crippen molar-refractivity contribution in [2.75, 3.05) is 6.54 Å². The number of aliphatic hydroxyl groups excluding tert-OH is 1. The van der Waals surface area contributed by atoms with Gasteiger partial charge in [0.25, 0.3) is 0 Å². The van der Waals surface area contributed by atoms with Crippen LogP contribution in [0, 0.1) is 5.92 Å². The molecular weight excluding hydrogens is 170 g/mol. The molecule has 0 aromatic heterocycles. The van der Waals surface area contributed by atoms with E-state index in [1.807, 2.05) is 0 Å². The van der Waals surface area contributed by atoms with Crippen LogP contribution in [-0.2, 0) is 4.79 Å². The monoisotopic (exact) mass is 187 g/mol. The van der Waals surface area contributed by atoms with Gasteiger partial charge >= 0.3 is 5.97 Å². The maximum Gasteiger partial charge on any atom is 0.331 e. The third-order valence-electron chi connectivity index (χ3n) is 1.91. The van der Waals surface area contributed by atoms with Crippen molar-refractivity contribution >= 4 is 5.97 Å². The molecule has 76 valence electrons. The molecule has 0 rings (SSSR count). The van der Waals surface area contributed by atoms with Gasteiger partial charge in [-0.2, -0.15) is 0 Å². The van der Waals surface area contributed by atoms with Gasteiger partial charge in [0.05, 0.1) is 6.10 Å². The van der Waals surface area contributed by atoms with Gasteiger partial charge < -0.3 is 15.9 Å². The first-order valence-corrected chi connectivity index (χ1v) is 4.29. The van der Waals surface area contributed by atoms with Crippen LogP contribution in [0.4, 0.5) is 0 Å². The summed E-state index contributed by atoms with van der Waals surface area (Å²) in [4.78, 5) is 10.6. The molecule has 2 unspecified atom stereocenters. The first-order chi connectivity index (χ1) is 5.99. The summed E-state index contributed by atoms with van der Waals surface area (Å²) in [6.07, 6.45) is 0.436. The van der Waals surface area contributed by atoms with Gasteiger partial charge in [0.1, 0.15) is 0 Å². The van der Waals surface area contributed by atoms with E-state index >= 15 is 0 Å². The Morgan fingerprint density at radius 3 is 2.46 bits per heavy atom. The lowest BCUT2D eigenvalue weighted by Gasteiger charge is -2.17. The average Bonchev–Trinajstić information content (AvgIpc) is 2.01. The van der Waals surface area contributed by atoms with Crippen LogP contribution in [0.2, 0.25) is 0 Å². The van der Waals surface area contributed by atoms with Gasteiger partial charge in [0.15, 0.2) is 0 Å². The maximum absolute atomic E-state index is 10.6. The van der Waals surface area contributed by atoms with Gasteiger partial charge in [-0.25, -0.2) is 4.79 Å². The van der Waals surface area contributed by atoms with E-state index in [2.05, 4.69) is 6.58 Å². The molecule has 0 aliphatic carbocycles. The molecule has 2 atom stereocenters. The van der Waals surface area contributed by atoms with E-state index in [0.717, 1.165) is 0 Å². The zero-order valence-electron chi connectivity index (χ0n) is 7.86. The third kappa shape index (κ3) is 4.65. The summed E-state index contributed by atoms with van der Waals surface area (Å²) in [5.74, 6) is -1.23. The molecule has 0 fully saturated rings. The Bertz CT molecular complexity index is 189. The van der Waals surface area contributed by atoms with Crippen LogP contribution in [0.25, 0.3) is 0 Å². The Kier molecular flexibility index (Phi) is 5.34. The maximum atomic E-state index is 10.6. The summed E-state index contributed by atoms with van der Waals surface area (Å²) in [7, 11) is 0. The van der Waals surface area contributed by atoms with Crippen LogP contribution >= 0.6 is 0 Å². The van der Waals surface area contributed by atoms with Crippen molar-refractivity contribution in [1.29, 1.82) is 0 Å². The molecule has 0 aliphatic heterocycles. The van der Waals surface area contributed by atoms with Crippen molar-refractivity contribution in [1.82, 2.24) is 0 Å². The zero-order chi connectivity index (χ0) is 10.4. The average molecular weight is 187 g/mol. The van der Waals surface area contributed by atoms with E-state index in [0.29, 0.717) is 19.4 Å². The van der Waals surface area contributed by atoms with Gasteiger partial charge in [0, 0.05) is 5.57 Å². The first kappa shape index (κ1) is 12.1. The molecule has 0 aliphatic rings. The highest BCUT2D eigenvalue weighted by Crippen LogP contribution is 2.19. The Hall–Kier alpha value is -0.870. The predicted octanol–water partition coefficient (Wildman–Crippen LogP) is 0.363. The summed E-state index contributed by atoms with van der Waals surface area (Å²) in [6, 6.07) is 0. The van der Waals surface area contributed by atoms with Crippen LogP contribution in [0.1, 0.15) is 19.8 Å². The highest BCUT2D eigenvalue weighted by Gasteiger charge is 2.19. The SMILES string of the molecule is C=C(C(=O)O)C(CCN)CC(C)O. The largest absolute Gasteiger partial charge is 0.478 e. The molecule has 0 amide bonds. The molecule has 0 heterocycles. The van der Waals surface area contributed by atoms with Gasteiger partial charge in [-0.05, 0) is 32.2 Å². The number of carboxylic acids is 1. The molecule has 0 spiro atoms. The molecule has 0 saturated heterocycles. The zero-order valence-corrected chi connectivity index (χ0v) is 7.86. The number of carboxylic acid groups (broad SMARTS) is 1. The van der Waals surface area contributed by atoms with Gasteiger partial charge in [-0.1, -0.05) is 6.58 Å². The van der Waals surface area contributed by atoms with Crippen LogP contribution in [0.5, 0.6) is 0 Å². The van der Waals surface area contributed by atoms with E-state index in [9.17, 15) is 4.79 Å². The fourth-order valence-corrected chi connectivity index (χ4v) is 1.22. The van der Waals surface area contributed by atoms with Crippen molar-refractivity contribution in [2.24, 2.45) is 11.7 Å². The second-order valence-corrected chi connectivity index (χ2v) is 3.19. The summed E-state index contributed by atoms with van der Waals surface area (Å²) in [6.45, 7) is 5.49. The number of hydrogen-bond acceptors (Lipinski definition) is 3. The van der Waals surface area contributed by atoms with Gasteiger partial charge in [-0.3, -0.25) is 0 Å². The summed E-state index contributed by atoms with van der Waals surface area (Å²) < 4.78 is 0. The van der Waals surface area contributed by atoms with Gasteiger partial charge in [0.2, 0.25) is 0 Å². The Balaban J connectivity index is 4.23. The molecule has 4 heteroatoms. The van der Waals surface area contributed by atoms with Crippen molar-refractivity contribution in [2.45, 2.75) is 25.9 Å². The third-order valence-corrected chi connectivity index (χ3v) is 1.91. The van der Waals surface area contributed by atoms with E-state index in [1.54, 1.807) is 6.92 Å². The second-order valence-electron chi connectivity index (χ2n) is 3.19. The fourth-order valence-electron chi connectivity index (χ4n) is 1.22. The molecular formula is C9H17NO3. The standard InChI is InChI=1S/C9H17NO3/c1-6(11)5-8(3-4-10)7(2)9(12)13/h6,8,11H,2-5,10H2,1H3,(H,12,13). The van der Waals surface area contributed by atoms with Crippen molar-refractivity contribution in [3.8, 4) is 0 Å². The molecule has 4 N–H and O–H groups in total. The highest BCUT2D eigenvalue weighted by molar-refractivity contribution is 5.86. The van der Waals surface area contributed by atoms with Crippen LogP contribution in [-0.4, -0.2) is 28.8 Å². The Morgan fingerprint density at radius 2 is 2.15 bits per heavy atom.